The van der Waals surface area contributed by atoms with Crippen molar-refractivity contribution in [3.63, 3.8) is 0 Å². The van der Waals surface area contributed by atoms with Crippen LogP contribution < -0.4 is 5.32 Å². The Morgan fingerprint density at radius 2 is 1.88 bits per heavy atom. The van der Waals surface area contributed by atoms with Crippen LogP contribution >= 0.6 is 10.8 Å². The summed E-state index contributed by atoms with van der Waals surface area (Å²) in [5.41, 5.74) is 0.361. The molecule has 1 unspecified atom stereocenters. The molecule has 1 atom stereocenters. The van der Waals surface area contributed by atoms with Crippen LogP contribution in [0.2, 0.25) is 0 Å². The summed E-state index contributed by atoms with van der Waals surface area (Å²) in [6, 6.07) is 0. The van der Waals surface area contributed by atoms with Crippen molar-refractivity contribution < 1.29 is 13.0 Å². The molecule has 0 heterocycles. The van der Waals surface area contributed by atoms with E-state index in [2.05, 4.69) is 33.0 Å². The van der Waals surface area contributed by atoms with Gasteiger partial charge in [0.25, 0.3) is 0 Å². The van der Waals surface area contributed by atoms with Crippen molar-refractivity contribution in [1.82, 2.24) is 5.32 Å². The smallest absolute Gasteiger partial charge is 0.316 e. The van der Waals surface area contributed by atoms with Crippen LogP contribution in [0.15, 0.2) is 0 Å². The first-order valence-corrected chi connectivity index (χ1v) is 8.87. The molecule has 2 N–H and O–H groups in total. The van der Waals surface area contributed by atoms with Crippen molar-refractivity contribution in [3.05, 3.63) is 0 Å². The SMILES string of the molecule is CC(CCNCCSS(=O)(=O)O)CC(C)(C)C. The molecular formula is C11H25NO3S2. The Bertz CT molecular complexity index is 296. The zero-order chi connectivity index (χ0) is 13.5. The van der Waals surface area contributed by atoms with Gasteiger partial charge in [-0.3, -0.25) is 4.55 Å². The second-order valence-electron chi connectivity index (χ2n) is 5.66. The van der Waals surface area contributed by atoms with Gasteiger partial charge >= 0.3 is 9.15 Å². The van der Waals surface area contributed by atoms with Gasteiger partial charge in [0.05, 0.1) is 0 Å². The molecule has 0 aliphatic carbocycles. The van der Waals surface area contributed by atoms with E-state index in [1.54, 1.807) is 0 Å². The van der Waals surface area contributed by atoms with E-state index in [1.165, 1.54) is 6.42 Å². The van der Waals surface area contributed by atoms with Gasteiger partial charge in [0.2, 0.25) is 0 Å². The van der Waals surface area contributed by atoms with E-state index in [0.717, 1.165) is 13.0 Å². The van der Waals surface area contributed by atoms with Gasteiger partial charge < -0.3 is 5.32 Å². The predicted octanol–water partition coefficient (Wildman–Crippen LogP) is 2.57. The van der Waals surface area contributed by atoms with Gasteiger partial charge in [0.15, 0.2) is 0 Å². The molecule has 0 rings (SSSR count). The third kappa shape index (κ3) is 14.2. The highest BCUT2D eigenvalue weighted by molar-refractivity contribution is 8.69. The molecule has 0 aromatic heterocycles. The molecule has 0 aliphatic rings. The standard InChI is InChI=1S/C11H25NO3S2/c1-10(9-11(2,3)4)5-6-12-7-8-16-17(13,14)15/h10,12H,5-9H2,1-4H3,(H,13,14,15). The zero-order valence-electron chi connectivity index (χ0n) is 11.2. The van der Waals surface area contributed by atoms with Gasteiger partial charge in [-0.15, -0.1) is 0 Å². The van der Waals surface area contributed by atoms with Gasteiger partial charge in [0.1, 0.15) is 0 Å². The van der Waals surface area contributed by atoms with Gasteiger partial charge in [-0.1, -0.05) is 27.7 Å². The summed E-state index contributed by atoms with van der Waals surface area (Å²) in [5, 5.41) is 3.18. The summed E-state index contributed by atoms with van der Waals surface area (Å²) in [6.07, 6.45) is 2.28. The maximum atomic E-state index is 10.4. The maximum Gasteiger partial charge on any atom is 0.319 e. The molecule has 0 saturated heterocycles. The highest BCUT2D eigenvalue weighted by atomic mass is 33.1. The second-order valence-corrected chi connectivity index (χ2v) is 9.13. The maximum absolute atomic E-state index is 10.4. The Hall–Kier alpha value is 0.220. The summed E-state index contributed by atoms with van der Waals surface area (Å²) >= 11 is 0. The molecule has 0 radical (unpaired) electrons. The van der Waals surface area contributed by atoms with Crippen molar-refractivity contribution in [2.75, 3.05) is 18.8 Å². The lowest BCUT2D eigenvalue weighted by molar-refractivity contribution is 0.295. The molecule has 0 aliphatic heterocycles. The fraction of sp³-hybridized carbons (Fsp3) is 1.00. The van der Waals surface area contributed by atoms with Crippen LogP contribution in [0.5, 0.6) is 0 Å². The van der Waals surface area contributed by atoms with Crippen molar-refractivity contribution in [2.45, 2.75) is 40.5 Å². The van der Waals surface area contributed by atoms with Crippen LogP contribution in [-0.2, 0) is 9.15 Å². The van der Waals surface area contributed by atoms with E-state index in [4.69, 9.17) is 4.55 Å². The minimum atomic E-state index is -3.87. The Balaban J connectivity index is 3.46. The summed E-state index contributed by atoms with van der Waals surface area (Å²) in [4.78, 5) is 0. The average Bonchev–Trinajstić information content (AvgIpc) is 2.06. The van der Waals surface area contributed by atoms with Crippen LogP contribution in [0.3, 0.4) is 0 Å². The van der Waals surface area contributed by atoms with E-state index < -0.39 is 9.15 Å². The Morgan fingerprint density at radius 3 is 2.35 bits per heavy atom. The molecule has 0 fully saturated rings. The number of rotatable bonds is 8. The summed E-state index contributed by atoms with van der Waals surface area (Å²) < 4.78 is 29.3. The Labute approximate surface area is 109 Å². The molecule has 0 amide bonds. The highest BCUT2D eigenvalue weighted by Crippen LogP contribution is 2.25. The quantitative estimate of drug-likeness (QED) is 0.407. The third-order valence-electron chi connectivity index (χ3n) is 2.29. The molecule has 6 heteroatoms. The molecule has 104 valence electrons. The molecule has 17 heavy (non-hydrogen) atoms. The summed E-state index contributed by atoms with van der Waals surface area (Å²) in [5.74, 6) is 1.05. The number of hydrogen-bond acceptors (Lipinski definition) is 4. The van der Waals surface area contributed by atoms with Crippen LogP contribution in [-0.4, -0.2) is 31.8 Å². The largest absolute Gasteiger partial charge is 0.319 e. The first kappa shape index (κ1) is 17.2. The van der Waals surface area contributed by atoms with Gasteiger partial charge in [-0.2, -0.15) is 8.42 Å². The van der Waals surface area contributed by atoms with E-state index in [1.807, 2.05) is 0 Å². The van der Waals surface area contributed by atoms with Crippen LogP contribution in [0.1, 0.15) is 40.5 Å². The Morgan fingerprint density at radius 1 is 1.29 bits per heavy atom. The van der Waals surface area contributed by atoms with Crippen LogP contribution in [0, 0.1) is 11.3 Å². The van der Waals surface area contributed by atoms with Crippen LogP contribution in [0.25, 0.3) is 0 Å². The highest BCUT2D eigenvalue weighted by Gasteiger charge is 2.14. The lowest BCUT2D eigenvalue weighted by atomic mass is 9.84. The fourth-order valence-corrected chi connectivity index (χ4v) is 3.16. The minimum Gasteiger partial charge on any atom is -0.316 e. The number of nitrogens with one attached hydrogen (secondary N) is 1. The summed E-state index contributed by atoms with van der Waals surface area (Å²) in [7, 11) is -3.31. The third-order valence-corrected chi connectivity index (χ3v) is 4.35. The van der Waals surface area contributed by atoms with Crippen molar-refractivity contribution in [3.8, 4) is 0 Å². The first-order chi connectivity index (χ1) is 7.60. The molecular weight excluding hydrogens is 258 g/mol. The van der Waals surface area contributed by atoms with Crippen molar-refractivity contribution in [1.29, 1.82) is 0 Å². The lowest BCUT2D eigenvalue weighted by Gasteiger charge is -2.23. The molecule has 0 bridgehead atoms. The normalized spacial score (nSPS) is 14.9. The zero-order valence-corrected chi connectivity index (χ0v) is 12.8. The van der Waals surface area contributed by atoms with E-state index >= 15 is 0 Å². The lowest BCUT2D eigenvalue weighted by Crippen LogP contribution is -2.22. The topological polar surface area (TPSA) is 66.4 Å². The predicted molar refractivity (Wildman–Crippen MR) is 74.7 cm³/mol. The second kappa shape index (κ2) is 7.61. The van der Waals surface area contributed by atoms with Crippen molar-refractivity contribution >= 4 is 19.9 Å². The number of hydrogen-bond donors (Lipinski definition) is 2. The summed E-state index contributed by atoms with van der Waals surface area (Å²) in [6.45, 7) is 10.4. The molecule has 0 aromatic carbocycles. The minimum absolute atomic E-state index is 0.361. The van der Waals surface area contributed by atoms with Gasteiger partial charge in [-0.25, -0.2) is 0 Å². The monoisotopic (exact) mass is 283 g/mol. The molecule has 4 nitrogen and oxygen atoms in total. The van der Waals surface area contributed by atoms with Gasteiger partial charge in [-0.05, 0) is 41.5 Å². The van der Waals surface area contributed by atoms with Crippen molar-refractivity contribution in [2.24, 2.45) is 11.3 Å². The Kier molecular flexibility index (Phi) is 7.71. The van der Waals surface area contributed by atoms with E-state index in [9.17, 15) is 8.42 Å². The average molecular weight is 283 g/mol. The molecule has 0 aromatic rings. The van der Waals surface area contributed by atoms with E-state index in [-0.39, 0.29) is 0 Å². The molecule has 0 saturated carbocycles. The first-order valence-electron chi connectivity index (χ1n) is 5.93. The molecule has 0 spiro atoms. The van der Waals surface area contributed by atoms with E-state index in [0.29, 0.717) is 34.4 Å². The van der Waals surface area contributed by atoms with Crippen LogP contribution in [0.4, 0.5) is 0 Å². The fourth-order valence-electron chi connectivity index (χ4n) is 1.84. The van der Waals surface area contributed by atoms with Gasteiger partial charge in [0, 0.05) is 12.3 Å².